The largest absolute Gasteiger partial charge is 0.508 e. The third-order valence-corrected chi connectivity index (χ3v) is 8.22. The van der Waals surface area contributed by atoms with Crippen LogP contribution in [0.15, 0.2) is 97.1 Å². The zero-order valence-corrected chi connectivity index (χ0v) is 23.2. The first kappa shape index (κ1) is 26.9. The highest BCUT2D eigenvalue weighted by atomic mass is 16.3. The maximum atomic E-state index is 10.00. The van der Waals surface area contributed by atoms with Crippen LogP contribution < -0.4 is 0 Å². The van der Waals surface area contributed by atoms with E-state index in [9.17, 15) is 20.4 Å². The van der Waals surface area contributed by atoms with Crippen LogP contribution in [0.2, 0.25) is 0 Å². The Hall–Kier alpha value is -4.70. The van der Waals surface area contributed by atoms with Crippen molar-refractivity contribution in [3.63, 3.8) is 0 Å². The Morgan fingerprint density at radius 1 is 0.325 bits per heavy atom. The second-order valence-electron chi connectivity index (χ2n) is 10.6. The fourth-order valence-corrected chi connectivity index (χ4v) is 5.96. The lowest BCUT2D eigenvalue weighted by atomic mass is 9.73. The van der Waals surface area contributed by atoms with E-state index in [4.69, 9.17) is 0 Å². The van der Waals surface area contributed by atoms with Crippen LogP contribution in [0.25, 0.3) is 0 Å². The summed E-state index contributed by atoms with van der Waals surface area (Å²) in [6, 6.07) is 29.4. The van der Waals surface area contributed by atoms with Crippen LogP contribution >= 0.6 is 0 Å². The smallest absolute Gasteiger partial charge is 0.115 e. The Bertz CT molecular complexity index is 1390. The van der Waals surface area contributed by atoms with Gasteiger partial charge in [0.2, 0.25) is 0 Å². The van der Waals surface area contributed by atoms with Gasteiger partial charge in [-0.05, 0) is 132 Å². The van der Waals surface area contributed by atoms with Crippen molar-refractivity contribution in [2.45, 2.75) is 39.5 Å². The molecule has 0 saturated heterocycles. The van der Waals surface area contributed by atoms with Gasteiger partial charge in [-0.25, -0.2) is 0 Å². The molecule has 5 aromatic rings. The topological polar surface area (TPSA) is 80.9 Å². The Kier molecular flexibility index (Phi) is 7.27. The predicted octanol–water partition coefficient (Wildman–Crippen LogP) is 8.10. The molecule has 0 unspecified atom stereocenters. The molecule has 0 aliphatic rings. The molecule has 4 heteroatoms. The number of benzene rings is 5. The van der Waals surface area contributed by atoms with E-state index < -0.39 is 0 Å². The lowest BCUT2D eigenvalue weighted by Crippen LogP contribution is -2.15. The monoisotopic (exact) mass is 530 g/mol. The summed E-state index contributed by atoms with van der Waals surface area (Å²) < 4.78 is 0. The van der Waals surface area contributed by atoms with Crippen molar-refractivity contribution >= 4 is 0 Å². The highest BCUT2D eigenvalue weighted by Gasteiger charge is 2.28. The van der Waals surface area contributed by atoms with Crippen molar-refractivity contribution in [1.82, 2.24) is 0 Å². The Morgan fingerprint density at radius 2 is 0.500 bits per heavy atom. The number of phenolic OH excluding ortho intramolecular Hbond substituents is 4. The summed E-state index contributed by atoms with van der Waals surface area (Å²) in [5.41, 5.74) is 11.3. The average Bonchev–Trinajstić information content (AvgIpc) is 2.95. The number of phenols is 4. The van der Waals surface area contributed by atoms with Gasteiger partial charge < -0.3 is 20.4 Å². The van der Waals surface area contributed by atoms with E-state index in [0.29, 0.717) is 0 Å². The van der Waals surface area contributed by atoms with Gasteiger partial charge in [-0.2, -0.15) is 0 Å². The number of rotatable bonds is 6. The summed E-state index contributed by atoms with van der Waals surface area (Å²) in [4.78, 5) is 0. The first-order valence-electron chi connectivity index (χ1n) is 13.4. The lowest BCUT2D eigenvalue weighted by Gasteiger charge is -2.31. The maximum absolute atomic E-state index is 10.00. The first-order chi connectivity index (χ1) is 19.2. The molecule has 5 aromatic carbocycles. The quantitative estimate of drug-likeness (QED) is 0.167. The zero-order chi connectivity index (χ0) is 28.6. The molecule has 0 fully saturated rings. The van der Waals surface area contributed by atoms with E-state index in [-0.39, 0.29) is 34.8 Å². The van der Waals surface area contributed by atoms with E-state index in [2.05, 4.69) is 27.7 Å². The van der Waals surface area contributed by atoms with Crippen molar-refractivity contribution < 1.29 is 20.4 Å². The van der Waals surface area contributed by atoms with Gasteiger partial charge in [0.1, 0.15) is 23.0 Å². The van der Waals surface area contributed by atoms with Gasteiger partial charge in [-0.3, -0.25) is 0 Å². The fraction of sp³-hybridized carbons (Fsp3) is 0.167. The third-order valence-electron chi connectivity index (χ3n) is 8.22. The van der Waals surface area contributed by atoms with E-state index in [0.717, 1.165) is 22.3 Å². The Labute approximate surface area is 235 Å². The van der Waals surface area contributed by atoms with Gasteiger partial charge in [-0.1, -0.05) is 48.5 Å². The average molecular weight is 531 g/mol. The molecule has 0 aliphatic heterocycles. The zero-order valence-electron chi connectivity index (χ0n) is 23.2. The number of hydrogen-bond acceptors (Lipinski definition) is 4. The minimum Gasteiger partial charge on any atom is -0.508 e. The van der Waals surface area contributed by atoms with E-state index in [1.54, 1.807) is 48.5 Å². The third kappa shape index (κ3) is 5.01. The standard InChI is InChI=1S/C36H34O4/c1-21-22(2)34(36(27-9-17-31(39)18-10-27)28-11-19-32(40)20-12-28)24(4)23(3)33(21)35(25-5-13-29(37)14-6-25)26-7-15-30(38)16-8-26/h5-20,35-40H,1-4H3. The maximum Gasteiger partial charge on any atom is 0.115 e. The molecule has 40 heavy (non-hydrogen) atoms. The Morgan fingerprint density at radius 3 is 0.675 bits per heavy atom. The van der Waals surface area contributed by atoms with Crippen molar-refractivity contribution in [3.8, 4) is 23.0 Å². The highest BCUT2D eigenvalue weighted by Crippen LogP contribution is 2.44. The van der Waals surface area contributed by atoms with Crippen LogP contribution in [0, 0.1) is 27.7 Å². The van der Waals surface area contributed by atoms with Crippen molar-refractivity contribution in [2.24, 2.45) is 0 Å². The predicted molar refractivity (Wildman–Crippen MR) is 160 cm³/mol. The van der Waals surface area contributed by atoms with Crippen LogP contribution in [-0.4, -0.2) is 20.4 Å². The van der Waals surface area contributed by atoms with Crippen LogP contribution in [0.1, 0.15) is 67.5 Å². The molecule has 0 bridgehead atoms. The minimum absolute atomic E-state index is 0.103. The van der Waals surface area contributed by atoms with E-state index in [1.165, 1.54) is 33.4 Å². The molecule has 202 valence electrons. The van der Waals surface area contributed by atoms with Crippen molar-refractivity contribution in [2.75, 3.05) is 0 Å². The molecule has 4 N–H and O–H groups in total. The molecular weight excluding hydrogens is 496 g/mol. The second kappa shape index (κ2) is 10.8. The summed E-state index contributed by atoms with van der Waals surface area (Å²) in [6.45, 7) is 8.66. The van der Waals surface area contributed by atoms with Crippen LogP contribution in [0.5, 0.6) is 23.0 Å². The van der Waals surface area contributed by atoms with Gasteiger partial charge in [0.25, 0.3) is 0 Å². The first-order valence-corrected chi connectivity index (χ1v) is 13.4. The molecule has 0 amide bonds. The Balaban J connectivity index is 1.77. The molecule has 0 aromatic heterocycles. The summed E-state index contributed by atoms with van der Waals surface area (Å²) in [5.74, 6) is 0.664. The summed E-state index contributed by atoms with van der Waals surface area (Å²) >= 11 is 0. The molecule has 0 atom stereocenters. The molecule has 0 spiro atoms. The van der Waals surface area contributed by atoms with Gasteiger partial charge in [0.15, 0.2) is 0 Å². The van der Waals surface area contributed by atoms with E-state index in [1.807, 2.05) is 48.5 Å². The molecule has 0 saturated carbocycles. The number of aromatic hydroxyl groups is 4. The van der Waals surface area contributed by atoms with Gasteiger partial charge >= 0.3 is 0 Å². The molecule has 0 aliphatic carbocycles. The molecule has 0 heterocycles. The normalized spacial score (nSPS) is 11.3. The van der Waals surface area contributed by atoms with Crippen LogP contribution in [-0.2, 0) is 0 Å². The van der Waals surface area contributed by atoms with Crippen LogP contribution in [0.3, 0.4) is 0 Å². The minimum atomic E-state index is -0.103. The summed E-state index contributed by atoms with van der Waals surface area (Å²) in [7, 11) is 0. The lowest BCUT2D eigenvalue weighted by molar-refractivity contribution is 0.474. The summed E-state index contributed by atoms with van der Waals surface area (Å²) in [5, 5.41) is 40.0. The highest BCUT2D eigenvalue weighted by molar-refractivity contribution is 5.61. The molecule has 5 rings (SSSR count). The summed E-state index contributed by atoms with van der Waals surface area (Å²) in [6.07, 6.45) is 0. The number of hydrogen-bond donors (Lipinski definition) is 4. The van der Waals surface area contributed by atoms with Crippen molar-refractivity contribution in [3.05, 3.63) is 153 Å². The van der Waals surface area contributed by atoms with Gasteiger partial charge in [0, 0.05) is 11.8 Å². The molecule has 4 nitrogen and oxygen atoms in total. The van der Waals surface area contributed by atoms with Crippen molar-refractivity contribution in [1.29, 1.82) is 0 Å². The fourth-order valence-electron chi connectivity index (χ4n) is 5.96. The van der Waals surface area contributed by atoms with Gasteiger partial charge in [-0.15, -0.1) is 0 Å². The van der Waals surface area contributed by atoms with Gasteiger partial charge in [0.05, 0.1) is 0 Å². The van der Waals surface area contributed by atoms with E-state index >= 15 is 0 Å². The SMILES string of the molecule is Cc1c(C)c(C(c2ccc(O)cc2)c2ccc(O)cc2)c(C)c(C)c1C(c1ccc(O)cc1)c1ccc(O)cc1. The van der Waals surface area contributed by atoms with Crippen LogP contribution in [0.4, 0.5) is 0 Å². The second-order valence-corrected chi connectivity index (χ2v) is 10.6. The molecule has 0 radical (unpaired) electrons. The molecular formula is C36H34O4.